The highest BCUT2D eigenvalue weighted by molar-refractivity contribution is 6.08. The Balaban J connectivity index is 1.75. The Bertz CT molecular complexity index is 1130. The van der Waals surface area contributed by atoms with Crippen molar-refractivity contribution >= 4 is 33.5 Å². The molecule has 27 heavy (non-hydrogen) atoms. The zero-order valence-electron chi connectivity index (χ0n) is 15.6. The second-order valence-electron chi connectivity index (χ2n) is 7.09. The van der Waals surface area contributed by atoms with E-state index in [1.165, 1.54) is 0 Å². The molecule has 1 heterocycles. The van der Waals surface area contributed by atoms with Crippen molar-refractivity contribution in [2.24, 2.45) is 0 Å². The first-order valence-electron chi connectivity index (χ1n) is 8.87. The van der Waals surface area contributed by atoms with Gasteiger partial charge in [0.15, 0.2) is 0 Å². The minimum absolute atomic E-state index is 0.109. The van der Waals surface area contributed by atoms with Crippen LogP contribution in [-0.2, 0) is 10.2 Å². The fourth-order valence-electron chi connectivity index (χ4n) is 3.28. The van der Waals surface area contributed by atoms with Crippen LogP contribution in [-0.4, -0.2) is 13.0 Å². The molecule has 0 aliphatic rings. The monoisotopic (exact) mass is 359 g/mol. The fourth-order valence-corrected chi connectivity index (χ4v) is 3.28. The number of carbonyl (C=O) groups is 1. The molecule has 4 nitrogen and oxygen atoms in total. The van der Waals surface area contributed by atoms with Crippen LogP contribution in [0.2, 0.25) is 0 Å². The highest BCUT2D eigenvalue weighted by Crippen LogP contribution is 2.37. The maximum absolute atomic E-state index is 13.0. The zero-order valence-corrected chi connectivity index (χ0v) is 15.6. The average molecular weight is 359 g/mol. The quantitative estimate of drug-likeness (QED) is 0.523. The molecule has 1 amide bonds. The maximum atomic E-state index is 13.0. The Morgan fingerprint density at radius 1 is 0.926 bits per heavy atom. The minimum Gasteiger partial charge on any atom is -0.495 e. The Morgan fingerprint density at radius 3 is 2.37 bits per heavy atom. The first-order chi connectivity index (χ1) is 13.0. The second-order valence-corrected chi connectivity index (χ2v) is 7.09. The number of rotatable bonds is 4. The molecule has 0 unspecified atom stereocenters. The van der Waals surface area contributed by atoms with Crippen molar-refractivity contribution in [3.8, 4) is 5.75 Å². The molecule has 0 aliphatic heterocycles. The molecular formula is C23H21NO3. The molecule has 3 aromatic carbocycles. The van der Waals surface area contributed by atoms with Gasteiger partial charge in [0.1, 0.15) is 16.9 Å². The number of carbonyl (C=O) groups excluding carboxylic acids is 1. The molecule has 0 radical (unpaired) electrons. The van der Waals surface area contributed by atoms with Gasteiger partial charge in [-0.2, -0.15) is 0 Å². The Kier molecular flexibility index (Phi) is 4.11. The Morgan fingerprint density at radius 2 is 1.63 bits per heavy atom. The summed E-state index contributed by atoms with van der Waals surface area (Å²) in [5.41, 5.74) is 2.38. The van der Waals surface area contributed by atoms with Crippen LogP contribution in [0.1, 0.15) is 19.4 Å². The molecule has 4 heteroatoms. The van der Waals surface area contributed by atoms with Gasteiger partial charge in [0.05, 0.1) is 18.2 Å². The Labute approximate surface area is 157 Å². The lowest BCUT2D eigenvalue weighted by Crippen LogP contribution is -2.34. The van der Waals surface area contributed by atoms with Crippen LogP contribution in [0.25, 0.3) is 21.9 Å². The lowest BCUT2D eigenvalue weighted by atomic mass is 9.83. The van der Waals surface area contributed by atoms with E-state index in [-0.39, 0.29) is 5.91 Å². The van der Waals surface area contributed by atoms with Crippen LogP contribution >= 0.6 is 0 Å². The van der Waals surface area contributed by atoms with Crippen molar-refractivity contribution in [3.63, 3.8) is 0 Å². The average Bonchev–Trinajstić information content (AvgIpc) is 3.05. The summed E-state index contributed by atoms with van der Waals surface area (Å²) in [6.07, 6.45) is 0. The van der Waals surface area contributed by atoms with E-state index in [1.807, 2.05) is 80.6 Å². The molecule has 136 valence electrons. The summed E-state index contributed by atoms with van der Waals surface area (Å²) in [4.78, 5) is 13.0. The highest BCUT2D eigenvalue weighted by Gasteiger charge is 2.30. The van der Waals surface area contributed by atoms with Crippen molar-refractivity contribution in [3.05, 3.63) is 72.3 Å². The third-order valence-electron chi connectivity index (χ3n) is 5.01. The van der Waals surface area contributed by atoms with Gasteiger partial charge in [-0.15, -0.1) is 0 Å². The van der Waals surface area contributed by atoms with Crippen LogP contribution in [0, 0.1) is 0 Å². The number of anilines is 1. The van der Waals surface area contributed by atoms with Crippen molar-refractivity contribution in [1.29, 1.82) is 0 Å². The highest BCUT2D eigenvalue weighted by atomic mass is 16.5. The molecule has 1 aromatic heterocycles. The number of benzene rings is 3. The summed E-state index contributed by atoms with van der Waals surface area (Å²) in [6, 6.07) is 21.3. The van der Waals surface area contributed by atoms with Gasteiger partial charge in [0.25, 0.3) is 0 Å². The smallest absolute Gasteiger partial charge is 0.234 e. The van der Waals surface area contributed by atoms with Gasteiger partial charge in [-0.3, -0.25) is 4.79 Å². The van der Waals surface area contributed by atoms with Gasteiger partial charge in [-0.1, -0.05) is 48.5 Å². The van der Waals surface area contributed by atoms with E-state index >= 15 is 0 Å². The van der Waals surface area contributed by atoms with E-state index in [0.717, 1.165) is 21.9 Å². The van der Waals surface area contributed by atoms with Crippen LogP contribution in [0.15, 0.2) is 71.1 Å². The second kappa shape index (κ2) is 6.47. The lowest BCUT2D eigenvalue weighted by molar-refractivity contribution is -0.120. The lowest BCUT2D eigenvalue weighted by Gasteiger charge is -2.24. The topological polar surface area (TPSA) is 51.5 Å². The van der Waals surface area contributed by atoms with Gasteiger partial charge >= 0.3 is 0 Å². The predicted molar refractivity (Wildman–Crippen MR) is 108 cm³/mol. The fraction of sp³-hybridized carbons (Fsp3) is 0.174. The number of ether oxygens (including phenoxy) is 1. The summed E-state index contributed by atoms with van der Waals surface area (Å²) in [6.45, 7) is 3.81. The van der Waals surface area contributed by atoms with Gasteiger partial charge in [0, 0.05) is 16.8 Å². The third kappa shape index (κ3) is 2.93. The Hall–Kier alpha value is -3.27. The van der Waals surface area contributed by atoms with Gasteiger partial charge in [0.2, 0.25) is 5.91 Å². The number of fused-ring (bicyclic) bond motifs is 3. The maximum Gasteiger partial charge on any atom is 0.234 e. The zero-order chi connectivity index (χ0) is 19.0. The normalized spacial score (nSPS) is 11.7. The largest absolute Gasteiger partial charge is 0.495 e. The van der Waals surface area contributed by atoms with E-state index in [9.17, 15) is 4.79 Å². The van der Waals surface area contributed by atoms with Crippen molar-refractivity contribution in [2.45, 2.75) is 19.3 Å². The van der Waals surface area contributed by atoms with Crippen molar-refractivity contribution < 1.29 is 13.9 Å². The minimum atomic E-state index is -0.685. The third-order valence-corrected chi connectivity index (χ3v) is 5.01. The standard InChI is InChI=1S/C23H21NO3/c1-23(2,15-9-5-4-6-10-15)22(25)24-18-14-20-17(13-21(18)26-3)16-11-7-8-12-19(16)27-20/h4-14H,1-3H3,(H,24,25). The summed E-state index contributed by atoms with van der Waals surface area (Å²) in [5.74, 6) is 0.494. The predicted octanol–water partition coefficient (Wildman–Crippen LogP) is 5.51. The molecule has 4 aromatic rings. The molecule has 0 fully saturated rings. The molecular weight excluding hydrogens is 338 g/mol. The molecule has 0 aliphatic carbocycles. The van der Waals surface area contributed by atoms with E-state index in [2.05, 4.69) is 5.32 Å². The first kappa shape index (κ1) is 17.2. The van der Waals surface area contributed by atoms with Crippen molar-refractivity contribution in [2.75, 3.05) is 12.4 Å². The number of amides is 1. The van der Waals surface area contributed by atoms with E-state index in [4.69, 9.17) is 9.15 Å². The molecule has 0 bridgehead atoms. The summed E-state index contributed by atoms with van der Waals surface area (Å²) in [5, 5.41) is 5.00. The molecule has 4 rings (SSSR count). The SMILES string of the molecule is COc1cc2c(cc1NC(=O)C(C)(C)c1ccccc1)oc1ccccc12. The summed E-state index contributed by atoms with van der Waals surface area (Å²) in [7, 11) is 1.60. The number of hydrogen-bond acceptors (Lipinski definition) is 3. The summed E-state index contributed by atoms with van der Waals surface area (Å²) >= 11 is 0. The number of furan rings is 1. The van der Waals surface area contributed by atoms with Gasteiger partial charge in [-0.05, 0) is 31.5 Å². The number of methoxy groups -OCH3 is 1. The molecule has 1 N–H and O–H groups in total. The summed E-state index contributed by atoms with van der Waals surface area (Å²) < 4.78 is 11.5. The first-order valence-corrected chi connectivity index (χ1v) is 8.87. The van der Waals surface area contributed by atoms with E-state index in [1.54, 1.807) is 7.11 Å². The molecule has 0 saturated carbocycles. The molecule has 0 spiro atoms. The molecule has 0 atom stereocenters. The molecule has 0 saturated heterocycles. The number of nitrogens with one attached hydrogen (secondary N) is 1. The van der Waals surface area contributed by atoms with Crippen LogP contribution in [0.5, 0.6) is 5.75 Å². The van der Waals surface area contributed by atoms with E-state index in [0.29, 0.717) is 17.0 Å². The van der Waals surface area contributed by atoms with Crippen LogP contribution in [0.4, 0.5) is 5.69 Å². The van der Waals surface area contributed by atoms with E-state index < -0.39 is 5.41 Å². The van der Waals surface area contributed by atoms with Gasteiger partial charge < -0.3 is 14.5 Å². The van der Waals surface area contributed by atoms with Crippen LogP contribution < -0.4 is 10.1 Å². The number of hydrogen-bond donors (Lipinski definition) is 1. The van der Waals surface area contributed by atoms with Gasteiger partial charge in [-0.25, -0.2) is 0 Å². The van der Waals surface area contributed by atoms with Crippen LogP contribution in [0.3, 0.4) is 0 Å². The van der Waals surface area contributed by atoms with Crippen molar-refractivity contribution in [1.82, 2.24) is 0 Å². The number of para-hydroxylation sites is 1.